The molecule has 1 heterocycles. The second kappa shape index (κ2) is 6.01. The lowest BCUT2D eigenvalue weighted by Gasteiger charge is -2.58. The van der Waals surface area contributed by atoms with E-state index in [2.05, 4.69) is 16.3 Å². The van der Waals surface area contributed by atoms with E-state index in [9.17, 15) is 10.2 Å². The second-order valence-electron chi connectivity index (χ2n) is 8.32. The zero-order chi connectivity index (χ0) is 16.8. The number of nitrogens with zero attached hydrogens (tertiary/aromatic N) is 1. The van der Waals surface area contributed by atoms with Gasteiger partial charge in [-0.1, -0.05) is 12.1 Å². The minimum absolute atomic E-state index is 0.252. The summed E-state index contributed by atoms with van der Waals surface area (Å²) in [7, 11) is 2.02. The number of hydrogen-bond donors (Lipinski definition) is 3. The topological polar surface area (TPSA) is 55.7 Å². The molecule has 1 aromatic carbocycles. The fourth-order valence-corrected chi connectivity index (χ4v) is 5.13. The van der Waals surface area contributed by atoms with Crippen LogP contribution in [0.1, 0.15) is 44.1 Å². The summed E-state index contributed by atoms with van der Waals surface area (Å²) in [5.41, 5.74) is 0.162. The van der Waals surface area contributed by atoms with Gasteiger partial charge in [0.2, 0.25) is 0 Å². The number of phenols is 1. The highest BCUT2D eigenvalue weighted by molar-refractivity contribution is 5.38. The zero-order valence-corrected chi connectivity index (χ0v) is 14.7. The van der Waals surface area contributed by atoms with Crippen molar-refractivity contribution in [2.45, 2.75) is 55.6 Å². The Morgan fingerprint density at radius 2 is 2.08 bits per heavy atom. The van der Waals surface area contributed by atoms with Crippen molar-refractivity contribution in [2.75, 3.05) is 26.7 Å². The molecule has 4 rings (SSSR count). The molecule has 0 spiro atoms. The van der Waals surface area contributed by atoms with Gasteiger partial charge in [-0.3, -0.25) is 0 Å². The van der Waals surface area contributed by atoms with Crippen molar-refractivity contribution in [1.29, 1.82) is 0 Å². The van der Waals surface area contributed by atoms with E-state index in [1.807, 2.05) is 19.2 Å². The Labute approximate surface area is 144 Å². The molecule has 3 aliphatic rings. The third-order valence-corrected chi connectivity index (χ3v) is 6.75. The lowest BCUT2D eigenvalue weighted by Crippen LogP contribution is -2.66. The van der Waals surface area contributed by atoms with E-state index in [-0.39, 0.29) is 5.41 Å². The molecular formula is C20H30N2O2. The number of hydrogen-bond acceptors (Lipinski definition) is 4. The first-order valence-electron chi connectivity index (χ1n) is 9.46. The monoisotopic (exact) mass is 330 g/mol. The Morgan fingerprint density at radius 1 is 1.25 bits per heavy atom. The summed E-state index contributed by atoms with van der Waals surface area (Å²) >= 11 is 0. The molecule has 3 atom stereocenters. The number of β-amino-alcohol motifs (C(OH)–C–C–N with tert-alkyl or cyclic N) is 1. The molecular weight excluding hydrogens is 300 g/mol. The average molecular weight is 330 g/mol. The van der Waals surface area contributed by atoms with E-state index in [0.29, 0.717) is 11.8 Å². The largest absolute Gasteiger partial charge is 0.508 e. The van der Waals surface area contributed by atoms with E-state index in [4.69, 9.17) is 0 Å². The molecule has 4 heteroatoms. The molecule has 3 fully saturated rings. The lowest BCUT2D eigenvalue weighted by atomic mass is 9.55. The van der Waals surface area contributed by atoms with Crippen molar-refractivity contribution in [1.82, 2.24) is 10.2 Å². The summed E-state index contributed by atoms with van der Waals surface area (Å²) in [6.07, 6.45) is 6.47. The van der Waals surface area contributed by atoms with Crippen LogP contribution in [0.2, 0.25) is 0 Å². The van der Waals surface area contributed by atoms with Gasteiger partial charge in [-0.05, 0) is 75.7 Å². The number of benzene rings is 1. The first-order valence-corrected chi connectivity index (χ1v) is 9.46. The van der Waals surface area contributed by atoms with Crippen molar-refractivity contribution in [3.8, 4) is 5.75 Å². The van der Waals surface area contributed by atoms with Crippen molar-refractivity contribution in [3.05, 3.63) is 29.8 Å². The van der Waals surface area contributed by atoms with Gasteiger partial charge in [0.05, 0.1) is 5.60 Å². The smallest absolute Gasteiger partial charge is 0.115 e. The van der Waals surface area contributed by atoms with Crippen LogP contribution in [0.25, 0.3) is 0 Å². The number of phenolic OH excluding ortho intramolecular Hbond substituents is 1. The Morgan fingerprint density at radius 3 is 2.79 bits per heavy atom. The molecule has 0 aromatic heterocycles. The van der Waals surface area contributed by atoms with Gasteiger partial charge < -0.3 is 20.4 Å². The number of fused-ring (bicyclic) bond motifs is 1. The van der Waals surface area contributed by atoms with Crippen LogP contribution in [0.5, 0.6) is 5.75 Å². The van der Waals surface area contributed by atoms with Gasteiger partial charge in [-0.2, -0.15) is 0 Å². The second-order valence-corrected chi connectivity index (χ2v) is 8.32. The Hall–Kier alpha value is -1.10. The van der Waals surface area contributed by atoms with Gasteiger partial charge >= 0.3 is 0 Å². The van der Waals surface area contributed by atoms with Crippen LogP contribution in [0.15, 0.2) is 24.3 Å². The summed E-state index contributed by atoms with van der Waals surface area (Å²) < 4.78 is 0. The summed E-state index contributed by atoms with van der Waals surface area (Å²) in [4.78, 5) is 2.48. The predicted octanol–water partition coefficient (Wildman–Crippen LogP) is 2.25. The SMILES string of the molecule is CNC1CCC2(O)CN(CC3CC3)CCC2(c2cccc(O)c2)C1. The number of nitrogens with one attached hydrogen (secondary N) is 1. The third-order valence-electron chi connectivity index (χ3n) is 6.75. The maximum Gasteiger partial charge on any atom is 0.115 e. The first-order chi connectivity index (χ1) is 11.5. The number of likely N-dealkylation sites (tertiary alicyclic amines) is 1. The fourth-order valence-electron chi connectivity index (χ4n) is 5.13. The third kappa shape index (κ3) is 2.75. The summed E-state index contributed by atoms with van der Waals surface area (Å²) in [5.74, 6) is 1.16. The number of aliphatic hydroxyl groups is 1. The van der Waals surface area contributed by atoms with Crippen molar-refractivity contribution < 1.29 is 10.2 Å². The van der Waals surface area contributed by atoms with Gasteiger partial charge in [-0.25, -0.2) is 0 Å². The van der Waals surface area contributed by atoms with Crippen LogP contribution in [0, 0.1) is 5.92 Å². The van der Waals surface area contributed by atoms with Crippen molar-refractivity contribution >= 4 is 0 Å². The number of aromatic hydroxyl groups is 1. The molecule has 3 N–H and O–H groups in total. The molecule has 1 aromatic rings. The molecule has 2 saturated carbocycles. The summed E-state index contributed by atoms with van der Waals surface area (Å²) in [6, 6.07) is 8.04. The summed E-state index contributed by atoms with van der Waals surface area (Å²) in [5, 5.41) is 25.2. The molecule has 132 valence electrons. The normalized spacial score (nSPS) is 37.2. The van der Waals surface area contributed by atoms with Gasteiger partial charge in [0.1, 0.15) is 5.75 Å². The molecule has 24 heavy (non-hydrogen) atoms. The molecule has 4 nitrogen and oxygen atoms in total. The van der Waals surface area contributed by atoms with Crippen molar-refractivity contribution in [2.24, 2.45) is 5.92 Å². The minimum Gasteiger partial charge on any atom is -0.508 e. The van der Waals surface area contributed by atoms with Crippen LogP contribution < -0.4 is 5.32 Å². The van der Waals surface area contributed by atoms with Gasteiger partial charge in [-0.15, -0.1) is 0 Å². The fraction of sp³-hybridized carbons (Fsp3) is 0.700. The molecule has 2 aliphatic carbocycles. The van der Waals surface area contributed by atoms with E-state index >= 15 is 0 Å². The number of rotatable bonds is 4. The molecule has 0 bridgehead atoms. The van der Waals surface area contributed by atoms with Crippen LogP contribution in [-0.4, -0.2) is 53.4 Å². The Balaban J connectivity index is 1.68. The van der Waals surface area contributed by atoms with Gasteiger partial charge in [0.15, 0.2) is 0 Å². The van der Waals surface area contributed by atoms with Gasteiger partial charge in [0.25, 0.3) is 0 Å². The molecule has 0 radical (unpaired) electrons. The van der Waals surface area contributed by atoms with E-state index < -0.39 is 5.60 Å². The quantitative estimate of drug-likeness (QED) is 0.793. The highest BCUT2D eigenvalue weighted by atomic mass is 16.3. The molecule has 0 amide bonds. The van der Waals surface area contributed by atoms with Crippen LogP contribution >= 0.6 is 0 Å². The van der Waals surface area contributed by atoms with Crippen molar-refractivity contribution in [3.63, 3.8) is 0 Å². The lowest BCUT2D eigenvalue weighted by molar-refractivity contribution is -0.126. The number of piperidine rings is 1. The molecule has 3 unspecified atom stereocenters. The standard InChI is InChI=1S/C20H30N2O2/c1-21-17-7-8-20(24)14-22(13-15-5-6-15)10-9-19(20,12-17)16-3-2-4-18(23)11-16/h2-4,11,15,17,21,23-24H,5-10,12-14H2,1H3. The van der Waals surface area contributed by atoms with Crippen LogP contribution in [0.4, 0.5) is 0 Å². The highest BCUT2D eigenvalue weighted by Crippen LogP contribution is 2.52. The molecule has 1 aliphatic heterocycles. The van der Waals surface area contributed by atoms with Crippen LogP contribution in [0.3, 0.4) is 0 Å². The predicted molar refractivity (Wildman–Crippen MR) is 95.2 cm³/mol. The minimum atomic E-state index is -0.693. The Kier molecular flexibility index (Phi) is 4.10. The van der Waals surface area contributed by atoms with Gasteiger partial charge in [0, 0.05) is 24.5 Å². The average Bonchev–Trinajstić information content (AvgIpc) is 3.38. The zero-order valence-electron chi connectivity index (χ0n) is 14.7. The maximum atomic E-state index is 11.8. The highest BCUT2D eigenvalue weighted by Gasteiger charge is 2.57. The van der Waals surface area contributed by atoms with Crippen LogP contribution in [-0.2, 0) is 5.41 Å². The molecule has 1 saturated heterocycles. The van der Waals surface area contributed by atoms with E-state index in [1.54, 1.807) is 6.07 Å². The van der Waals surface area contributed by atoms with E-state index in [0.717, 1.165) is 56.8 Å². The maximum absolute atomic E-state index is 11.8. The Bertz CT molecular complexity index is 603. The summed E-state index contributed by atoms with van der Waals surface area (Å²) in [6.45, 7) is 2.97. The van der Waals surface area contributed by atoms with E-state index in [1.165, 1.54) is 12.8 Å². The first kappa shape index (κ1) is 16.4.